The molecule has 1 aliphatic rings. The predicted molar refractivity (Wildman–Crippen MR) is 48.5 cm³/mol. The Morgan fingerprint density at radius 3 is 3.14 bits per heavy atom. The first-order chi connectivity index (χ1) is 6.77. The molecule has 1 fully saturated rings. The van der Waals surface area contributed by atoms with Crippen LogP contribution >= 0.6 is 0 Å². The second-order valence-corrected chi connectivity index (χ2v) is 3.26. The van der Waals surface area contributed by atoms with Gasteiger partial charge in [-0.3, -0.25) is 4.79 Å². The zero-order valence-electron chi connectivity index (χ0n) is 7.90. The minimum Gasteiger partial charge on any atom is -0.354 e. The van der Waals surface area contributed by atoms with Crippen LogP contribution in [0.15, 0.2) is 0 Å². The average molecular weight is 196 g/mol. The summed E-state index contributed by atoms with van der Waals surface area (Å²) in [6.45, 7) is 0.758. The quantitative estimate of drug-likeness (QED) is 0.627. The van der Waals surface area contributed by atoms with Crippen molar-refractivity contribution in [2.75, 3.05) is 11.9 Å². The Bertz CT molecular complexity index is 335. The molecule has 1 saturated heterocycles. The molecule has 2 heterocycles. The first-order valence-electron chi connectivity index (χ1n) is 4.54. The summed E-state index contributed by atoms with van der Waals surface area (Å²) >= 11 is 0. The molecule has 1 atom stereocenters. The average Bonchev–Trinajstić information content (AvgIpc) is 2.56. The van der Waals surface area contributed by atoms with Crippen molar-refractivity contribution in [2.24, 2.45) is 7.05 Å². The summed E-state index contributed by atoms with van der Waals surface area (Å²) in [5.74, 6) is 0.534. The van der Waals surface area contributed by atoms with E-state index in [0.717, 1.165) is 19.4 Å². The summed E-state index contributed by atoms with van der Waals surface area (Å²) in [5.41, 5.74) is 0. The fraction of sp³-hybridized carbons (Fsp3) is 0.714. The molecule has 0 aromatic carbocycles. The van der Waals surface area contributed by atoms with Crippen LogP contribution in [0.1, 0.15) is 12.8 Å². The minimum absolute atomic E-state index is 0.0132. The van der Waals surface area contributed by atoms with Crippen molar-refractivity contribution in [3.8, 4) is 0 Å². The molecule has 7 nitrogen and oxygen atoms in total. The van der Waals surface area contributed by atoms with Crippen LogP contribution in [-0.4, -0.2) is 38.7 Å². The number of nitrogens with zero attached hydrogens (tertiary/aromatic N) is 4. The molecule has 2 N–H and O–H groups in total. The number of carbonyl (C=O) groups excluding carboxylic acids is 1. The molecule has 2 rings (SSSR count). The Labute approximate surface area is 80.9 Å². The lowest BCUT2D eigenvalue weighted by molar-refractivity contribution is -0.123. The molecule has 0 spiro atoms. The largest absolute Gasteiger partial charge is 0.354 e. The van der Waals surface area contributed by atoms with Crippen LogP contribution in [0, 0.1) is 0 Å². The van der Waals surface area contributed by atoms with Crippen molar-refractivity contribution < 1.29 is 4.79 Å². The lowest BCUT2D eigenvalue weighted by atomic mass is 10.1. The zero-order chi connectivity index (χ0) is 9.97. The van der Waals surface area contributed by atoms with E-state index < -0.39 is 0 Å². The molecule has 0 bridgehead atoms. The van der Waals surface area contributed by atoms with Crippen molar-refractivity contribution in [1.29, 1.82) is 0 Å². The third kappa shape index (κ3) is 1.66. The number of rotatable bonds is 2. The highest BCUT2D eigenvalue weighted by Crippen LogP contribution is 2.08. The van der Waals surface area contributed by atoms with E-state index in [9.17, 15) is 4.79 Å². The van der Waals surface area contributed by atoms with Gasteiger partial charge in [0.15, 0.2) is 0 Å². The van der Waals surface area contributed by atoms with Gasteiger partial charge >= 0.3 is 0 Å². The molecule has 1 aromatic rings. The van der Waals surface area contributed by atoms with Gasteiger partial charge in [0.25, 0.3) is 0 Å². The molecule has 0 radical (unpaired) electrons. The predicted octanol–water partition coefficient (Wildman–Crippen LogP) is -1.10. The van der Waals surface area contributed by atoms with E-state index in [1.165, 1.54) is 4.68 Å². The lowest BCUT2D eigenvalue weighted by Crippen LogP contribution is -2.44. The van der Waals surface area contributed by atoms with E-state index in [-0.39, 0.29) is 11.9 Å². The fourth-order valence-corrected chi connectivity index (χ4v) is 1.42. The molecule has 1 amide bonds. The number of aromatic nitrogens is 4. The van der Waals surface area contributed by atoms with Crippen molar-refractivity contribution in [1.82, 2.24) is 25.5 Å². The maximum Gasteiger partial charge on any atom is 0.243 e. The highest BCUT2D eigenvalue weighted by atomic mass is 16.2. The third-order valence-corrected chi connectivity index (χ3v) is 2.21. The van der Waals surface area contributed by atoms with Gasteiger partial charge in [0.05, 0.1) is 0 Å². The Hall–Kier alpha value is -1.66. The molecule has 14 heavy (non-hydrogen) atoms. The summed E-state index contributed by atoms with van der Waals surface area (Å²) in [6, 6.07) is -0.214. The molecule has 7 heteroatoms. The van der Waals surface area contributed by atoms with Crippen molar-refractivity contribution in [3.05, 3.63) is 0 Å². The SMILES string of the molecule is Cn1nnnc1NC1CCCNC1=O. The molecule has 1 unspecified atom stereocenters. The molecule has 0 saturated carbocycles. The van der Waals surface area contributed by atoms with Gasteiger partial charge in [-0.05, 0) is 23.3 Å². The van der Waals surface area contributed by atoms with Gasteiger partial charge < -0.3 is 10.6 Å². The van der Waals surface area contributed by atoms with Crippen LogP contribution < -0.4 is 10.6 Å². The molecule has 1 aromatic heterocycles. The Kier molecular flexibility index (Phi) is 2.30. The smallest absolute Gasteiger partial charge is 0.243 e. The van der Waals surface area contributed by atoms with E-state index >= 15 is 0 Å². The highest BCUT2D eigenvalue weighted by molar-refractivity contribution is 5.84. The van der Waals surface area contributed by atoms with E-state index in [1.54, 1.807) is 7.05 Å². The van der Waals surface area contributed by atoms with Gasteiger partial charge in [-0.15, -0.1) is 0 Å². The Morgan fingerprint density at radius 2 is 2.50 bits per heavy atom. The molecule has 0 aliphatic carbocycles. The van der Waals surface area contributed by atoms with Crippen LogP contribution in [0.25, 0.3) is 0 Å². The number of anilines is 1. The Morgan fingerprint density at radius 1 is 1.64 bits per heavy atom. The number of hydrogen-bond donors (Lipinski definition) is 2. The number of amides is 1. The van der Waals surface area contributed by atoms with Gasteiger partial charge in [0.1, 0.15) is 6.04 Å². The van der Waals surface area contributed by atoms with Crippen molar-refractivity contribution in [3.63, 3.8) is 0 Å². The van der Waals surface area contributed by atoms with Crippen molar-refractivity contribution in [2.45, 2.75) is 18.9 Å². The zero-order valence-corrected chi connectivity index (χ0v) is 7.90. The van der Waals surface area contributed by atoms with E-state index in [0.29, 0.717) is 5.95 Å². The van der Waals surface area contributed by atoms with E-state index in [1.807, 2.05) is 0 Å². The van der Waals surface area contributed by atoms with Gasteiger partial charge in [0.2, 0.25) is 11.9 Å². The molecular weight excluding hydrogens is 184 g/mol. The van der Waals surface area contributed by atoms with Crippen LogP contribution in [0.5, 0.6) is 0 Å². The van der Waals surface area contributed by atoms with E-state index in [4.69, 9.17) is 0 Å². The highest BCUT2D eigenvalue weighted by Gasteiger charge is 2.22. The van der Waals surface area contributed by atoms with E-state index in [2.05, 4.69) is 26.2 Å². The standard InChI is InChI=1S/C7H12N6O/c1-13-7(10-11-12-13)9-5-3-2-4-8-6(5)14/h5H,2-4H2,1H3,(H,8,14)(H,9,10,12). The van der Waals surface area contributed by atoms with Crippen LogP contribution in [0.2, 0.25) is 0 Å². The normalized spacial score (nSPS) is 21.8. The van der Waals surface area contributed by atoms with Crippen LogP contribution in [0.4, 0.5) is 5.95 Å². The maximum absolute atomic E-state index is 11.4. The second kappa shape index (κ2) is 3.60. The number of nitrogens with one attached hydrogen (secondary N) is 2. The van der Waals surface area contributed by atoms with Crippen molar-refractivity contribution >= 4 is 11.9 Å². The number of hydrogen-bond acceptors (Lipinski definition) is 5. The van der Waals surface area contributed by atoms with Crippen LogP contribution in [-0.2, 0) is 11.8 Å². The molecular formula is C7H12N6O. The number of tetrazole rings is 1. The fourth-order valence-electron chi connectivity index (χ4n) is 1.42. The summed E-state index contributed by atoms with van der Waals surface area (Å²) < 4.78 is 1.50. The monoisotopic (exact) mass is 196 g/mol. The second-order valence-electron chi connectivity index (χ2n) is 3.26. The summed E-state index contributed by atoms with van der Waals surface area (Å²) in [6.07, 6.45) is 1.80. The van der Waals surface area contributed by atoms with Gasteiger partial charge in [-0.2, -0.15) is 0 Å². The molecule has 1 aliphatic heterocycles. The summed E-state index contributed by atoms with van der Waals surface area (Å²) in [4.78, 5) is 11.4. The van der Waals surface area contributed by atoms with Gasteiger partial charge in [-0.25, -0.2) is 4.68 Å². The van der Waals surface area contributed by atoms with Crippen LogP contribution in [0.3, 0.4) is 0 Å². The van der Waals surface area contributed by atoms with Gasteiger partial charge in [0, 0.05) is 13.6 Å². The molecule has 76 valence electrons. The first kappa shape index (κ1) is 8.92. The maximum atomic E-state index is 11.4. The number of carbonyl (C=O) groups is 1. The summed E-state index contributed by atoms with van der Waals surface area (Å²) in [5, 5.41) is 16.7. The number of aryl methyl sites for hydroxylation is 1. The third-order valence-electron chi connectivity index (χ3n) is 2.21. The first-order valence-corrected chi connectivity index (χ1v) is 4.54. The minimum atomic E-state index is -0.214. The topological polar surface area (TPSA) is 84.7 Å². The van der Waals surface area contributed by atoms with Gasteiger partial charge in [-0.1, -0.05) is 5.10 Å². The summed E-state index contributed by atoms with van der Waals surface area (Å²) in [7, 11) is 1.73. The number of piperidine rings is 1. The Balaban J connectivity index is 2.03. The lowest BCUT2D eigenvalue weighted by Gasteiger charge is -2.22.